The van der Waals surface area contributed by atoms with Crippen molar-refractivity contribution in [2.45, 2.75) is 68.5 Å². The minimum Gasteiger partial charge on any atom is -0.480 e. The van der Waals surface area contributed by atoms with Crippen LogP contribution in [0.1, 0.15) is 51.4 Å². The van der Waals surface area contributed by atoms with Gasteiger partial charge in [-0.15, -0.1) is 0 Å². The number of ether oxygens (including phenoxy) is 1. The van der Waals surface area contributed by atoms with E-state index < -0.39 is 40.5 Å². The van der Waals surface area contributed by atoms with E-state index in [1.165, 1.54) is 0 Å². The molecule has 1 N–H and O–H groups in total. The molecule has 0 aliphatic carbocycles. The highest BCUT2D eigenvalue weighted by atomic mass is 32.2. The van der Waals surface area contributed by atoms with Crippen molar-refractivity contribution in [3.05, 3.63) is 0 Å². The third-order valence-corrected chi connectivity index (χ3v) is 7.59. The number of aliphatic carboxylic acids is 1. The lowest BCUT2D eigenvalue weighted by Crippen LogP contribution is -2.54. The minimum atomic E-state index is -4.78. The summed E-state index contributed by atoms with van der Waals surface area (Å²) < 4.78 is 67.8. The molecule has 0 aromatic rings. The molecule has 5 nitrogen and oxygen atoms in total. The number of piperidine rings is 1. The fourth-order valence-electron chi connectivity index (χ4n) is 3.70. The molecule has 0 spiro atoms. The Bertz CT molecular complexity index is 518. The molecule has 0 amide bonds. The van der Waals surface area contributed by atoms with E-state index in [-0.39, 0.29) is 38.4 Å². The Labute approximate surface area is 159 Å². The predicted molar refractivity (Wildman–Crippen MR) is 92.3 cm³/mol. The average molecular weight is 417 g/mol. The van der Waals surface area contributed by atoms with E-state index >= 15 is 0 Å². The highest BCUT2D eigenvalue weighted by Crippen LogP contribution is 2.33. The molecular weight excluding hydrogens is 390 g/mol. The van der Waals surface area contributed by atoms with Crippen LogP contribution in [0.15, 0.2) is 0 Å². The molecule has 2 fully saturated rings. The molecule has 158 valence electrons. The first-order valence-corrected chi connectivity index (χ1v) is 10.5. The van der Waals surface area contributed by atoms with Crippen molar-refractivity contribution in [2.75, 3.05) is 26.3 Å². The van der Waals surface area contributed by atoms with Crippen LogP contribution < -0.4 is 0 Å². The van der Waals surface area contributed by atoms with Gasteiger partial charge in [0.2, 0.25) is 0 Å². The lowest BCUT2D eigenvalue weighted by Gasteiger charge is -2.39. The molecule has 2 aliphatic rings. The summed E-state index contributed by atoms with van der Waals surface area (Å²) >= 11 is 0. The molecule has 0 bridgehead atoms. The first-order valence-electron chi connectivity index (χ1n) is 9.35. The maximum atomic E-state index is 12.9. The van der Waals surface area contributed by atoms with Gasteiger partial charge in [0.05, 0.1) is 0 Å². The smallest absolute Gasteiger partial charge is 0.419 e. The Balaban J connectivity index is 1.74. The standard InChI is InChI=1S/C17H27F4NO4S/c18-14(17(19,20)21)4-2-1-3-13-5-9-22(10-6-13)27(25)16(15(23)24)7-11-26-12-8-16/h13-14H,1-12H2,(H,23,24). The van der Waals surface area contributed by atoms with Crippen LogP contribution in [-0.4, -0.2) is 63.0 Å². The molecule has 0 radical (unpaired) electrons. The number of hydrogen-bond acceptors (Lipinski definition) is 3. The third-order valence-electron chi connectivity index (χ3n) is 5.51. The van der Waals surface area contributed by atoms with Crippen LogP contribution >= 0.6 is 0 Å². The summed E-state index contributed by atoms with van der Waals surface area (Å²) in [5, 5.41) is 9.60. The van der Waals surface area contributed by atoms with Crippen molar-refractivity contribution in [2.24, 2.45) is 5.92 Å². The third kappa shape index (κ3) is 5.87. The molecule has 27 heavy (non-hydrogen) atoms. The van der Waals surface area contributed by atoms with Crippen molar-refractivity contribution in [3.63, 3.8) is 0 Å². The van der Waals surface area contributed by atoms with Gasteiger partial charge >= 0.3 is 12.1 Å². The highest BCUT2D eigenvalue weighted by Gasteiger charge is 2.49. The van der Waals surface area contributed by atoms with Gasteiger partial charge in [0, 0.05) is 26.3 Å². The topological polar surface area (TPSA) is 66.8 Å². The summed E-state index contributed by atoms with van der Waals surface area (Å²) in [5.74, 6) is -0.769. The fraction of sp³-hybridized carbons (Fsp3) is 0.941. The van der Waals surface area contributed by atoms with Gasteiger partial charge in [0.25, 0.3) is 0 Å². The van der Waals surface area contributed by atoms with Crippen molar-refractivity contribution in [1.29, 1.82) is 0 Å². The van der Waals surface area contributed by atoms with Gasteiger partial charge in [-0.3, -0.25) is 4.79 Å². The van der Waals surface area contributed by atoms with E-state index in [1.807, 2.05) is 0 Å². The summed E-state index contributed by atoms with van der Waals surface area (Å²) in [4.78, 5) is 11.7. The van der Waals surface area contributed by atoms with E-state index in [2.05, 4.69) is 0 Å². The second kappa shape index (κ2) is 9.65. The highest BCUT2D eigenvalue weighted by molar-refractivity contribution is 7.85. The predicted octanol–water partition coefficient (Wildman–Crippen LogP) is 3.46. The number of halogens is 4. The van der Waals surface area contributed by atoms with Crippen molar-refractivity contribution in [3.8, 4) is 0 Å². The van der Waals surface area contributed by atoms with E-state index in [0.717, 1.165) is 12.8 Å². The van der Waals surface area contributed by atoms with Crippen molar-refractivity contribution >= 4 is 17.0 Å². The van der Waals surface area contributed by atoms with E-state index in [1.54, 1.807) is 4.31 Å². The van der Waals surface area contributed by atoms with Gasteiger partial charge in [-0.1, -0.05) is 19.3 Å². The number of carbonyl (C=O) groups is 1. The Morgan fingerprint density at radius 1 is 1.22 bits per heavy atom. The zero-order chi connectivity index (χ0) is 20.1. The number of carboxylic acid groups (broad SMARTS) is 1. The molecule has 2 rings (SSSR count). The monoisotopic (exact) mass is 417 g/mol. The number of carboxylic acids is 1. The molecular formula is C17H27F4NO4S. The molecule has 2 aliphatic heterocycles. The Kier molecular flexibility index (Phi) is 8.05. The zero-order valence-electron chi connectivity index (χ0n) is 15.2. The number of nitrogens with zero attached hydrogens (tertiary/aromatic N) is 1. The number of hydrogen-bond donors (Lipinski definition) is 1. The first kappa shape index (κ1) is 22.5. The lowest BCUT2D eigenvalue weighted by molar-refractivity contribution is -0.182. The Hall–Kier alpha value is -0.740. The van der Waals surface area contributed by atoms with E-state index in [0.29, 0.717) is 25.9 Å². The normalized spacial score (nSPS) is 24.4. The molecule has 2 atom stereocenters. The summed E-state index contributed by atoms with van der Waals surface area (Å²) in [7, 11) is -1.64. The molecule has 0 saturated carbocycles. The quantitative estimate of drug-likeness (QED) is 0.485. The SMILES string of the molecule is O=C(O)C1(S(=O)N2CCC(CCCCC(F)C(F)(F)F)CC2)CCOCC1. The lowest BCUT2D eigenvalue weighted by atomic mass is 9.92. The van der Waals surface area contributed by atoms with Crippen molar-refractivity contribution < 1.29 is 36.4 Å². The Morgan fingerprint density at radius 3 is 2.33 bits per heavy atom. The van der Waals surface area contributed by atoms with Gasteiger partial charge in [-0.25, -0.2) is 12.9 Å². The van der Waals surface area contributed by atoms with Gasteiger partial charge < -0.3 is 9.84 Å². The van der Waals surface area contributed by atoms with Gasteiger partial charge in [0.15, 0.2) is 10.9 Å². The van der Waals surface area contributed by atoms with Crippen LogP contribution in [0.3, 0.4) is 0 Å². The second-order valence-corrected chi connectivity index (χ2v) is 9.12. The summed E-state index contributed by atoms with van der Waals surface area (Å²) in [6, 6.07) is 0. The van der Waals surface area contributed by atoms with E-state index in [9.17, 15) is 31.7 Å². The zero-order valence-corrected chi connectivity index (χ0v) is 16.0. The van der Waals surface area contributed by atoms with Gasteiger partial charge in [0.1, 0.15) is 11.0 Å². The largest absolute Gasteiger partial charge is 0.480 e. The van der Waals surface area contributed by atoms with Crippen LogP contribution in [0.4, 0.5) is 17.6 Å². The Morgan fingerprint density at radius 2 is 1.81 bits per heavy atom. The van der Waals surface area contributed by atoms with Crippen LogP contribution in [0.25, 0.3) is 0 Å². The number of unbranched alkanes of at least 4 members (excludes halogenated alkanes) is 1. The molecule has 2 saturated heterocycles. The number of rotatable bonds is 8. The first-order chi connectivity index (χ1) is 12.7. The second-order valence-electron chi connectivity index (χ2n) is 7.33. The summed E-state index contributed by atoms with van der Waals surface area (Å²) in [5.41, 5.74) is 0. The van der Waals surface area contributed by atoms with E-state index in [4.69, 9.17) is 4.74 Å². The maximum Gasteiger partial charge on any atom is 0.419 e. The molecule has 2 unspecified atom stereocenters. The van der Waals surface area contributed by atoms with Gasteiger partial charge in [-0.05, 0) is 38.0 Å². The summed E-state index contributed by atoms with van der Waals surface area (Å²) in [6.45, 7) is 1.56. The van der Waals surface area contributed by atoms with Crippen LogP contribution in [-0.2, 0) is 20.5 Å². The molecule has 0 aromatic carbocycles. The minimum absolute atomic E-state index is 0.189. The number of alkyl halides is 4. The van der Waals surface area contributed by atoms with Crippen LogP contribution in [0.5, 0.6) is 0 Å². The molecule has 10 heteroatoms. The summed E-state index contributed by atoms with van der Waals surface area (Å²) in [6.07, 6.45) is -4.73. The van der Waals surface area contributed by atoms with Crippen LogP contribution in [0, 0.1) is 5.92 Å². The molecule has 2 heterocycles. The average Bonchev–Trinajstić information content (AvgIpc) is 2.64. The van der Waals surface area contributed by atoms with Crippen molar-refractivity contribution in [1.82, 2.24) is 4.31 Å². The van der Waals surface area contributed by atoms with Gasteiger partial charge in [-0.2, -0.15) is 13.2 Å². The maximum absolute atomic E-state index is 12.9. The molecule has 0 aromatic heterocycles. The fourth-order valence-corrected chi connectivity index (χ4v) is 5.40. The van der Waals surface area contributed by atoms with Crippen LogP contribution in [0.2, 0.25) is 0 Å².